The summed E-state index contributed by atoms with van der Waals surface area (Å²) in [5.41, 5.74) is -0.844. The molecule has 0 radical (unpaired) electrons. The van der Waals surface area contributed by atoms with Gasteiger partial charge < -0.3 is 5.32 Å². The summed E-state index contributed by atoms with van der Waals surface area (Å²) in [6, 6.07) is 4.80. The normalized spacial score (nSPS) is 12.4. The third kappa shape index (κ3) is 3.47. The van der Waals surface area contributed by atoms with Gasteiger partial charge in [-0.15, -0.1) is 0 Å². The minimum Gasteiger partial charge on any atom is -0.384 e. The zero-order valence-electron chi connectivity index (χ0n) is 8.78. The monoisotopic (exact) mass is 246 g/mol. The molecule has 4 nitrogen and oxygen atoms in total. The van der Waals surface area contributed by atoms with Crippen molar-refractivity contribution in [3.63, 3.8) is 0 Å². The van der Waals surface area contributed by atoms with Crippen LogP contribution in [0.2, 0.25) is 0 Å². The van der Waals surface area contributed by atoms with Crippen LogP contribution < -0.4 is 5.32 Å². The van der Waals surface area contributed by atoms with Gasteiger partial charge in [0.05, 0.1) is 4.92 Å². The summed E-state index contributed by atoms with van der Waals surface area (Å²) in [6.07, 6.45) is -3.60. The molecule has 7 heteroatoms. The van der Waals surface area contributed by atoms with E-state index in [1.165, 1.54) is 12.1 Å². The highest BCUT2D eigenvalue weighted by Gasteiger charge is 2.32. The van der Waals surface area contributed by atoms with E-state index < -0.39 is 16.8 Å². The molecule has 1 aromatic carbocycles. The summed E-state index contributed by atoms with van der Waals surface area (Å²) in [5, 5.41) is 12.4. The summed E-state index contributed by atoms with van der Waals surface area (Å²) in [6.45, 7) is 0. The first-order chi connectivity index (χ1) is 7.84. The van der Waals surface area contributed by atoms with Gasteiger partial charge in [-0.1, -0.05) is 0 Å². The van der Waals surface area contributed by atoms with E-state index in [0.29, 0.717) is 0 Å². The van der Waals surface area contributed by atoms with E-state index in [4.69, 9.17) is 0 Å². The molecule has 92 valence electrons. The quantitative estimate of drug-likeness (QED) is 0.659. The fourth-order valence-corrected chi connectivity index (χ4v) is 1.15. The van der Waals surface area contributed by atoms with Crippen molar-refractivity contribution in [2.24, 2.45) is 0 Å². The summed E-state index contributed by atoms with van der Waals surface area (Å²) < 4.78 is 37.1. The number of benzene rings is 1. The average Bonchev–Trinajstić information content (AvgIpc) is 2.24. The van der Waals surface area contributed by atoms with Crippen molar-refractivity contribution in [3.8, 4) is 0 Å². The van der Waals surface area contributed by atoms with Crippen molar-refractivity contribution >= 4 is 11.8 Å². The first-order valence-electron chi connectivity index (χ1n) is 4.55. The van der Waals surface area contributed by atoms with Crippen LogP contribution in [0, 0.1) is 10.1 Å². The predicted octanol–water partition coefficient (Wildman–Crippen LogP) is 2.72. The maximum Gasteiger partial charge on any atom is 0.430 e. The molecule has 0 unspecified atom stereocenters. The third-order valence-electron chi connectivity index (χ3n) is 1.99. The highest BCUT2D eigenvalue weighted by Crippen LogP contribution is 2.25. The van der Waals surface area contributed by atoms with Crippen LogP contribution in [0.3, 0.4) is 0 Å². The van der Waals surface area contributed by atoms with Crippen molar-refractivity contribution in [1.29, 1.82) is 0 Å². The van der Waals surface area contributed by atoms with E-state index in [9.17, 15) is 23.3 Å². The number of rotatable bonds is 3. The largest absolute Gasteiger partial charge is 0.430 e. The number of halogens is 3. The Bertz CT molecular complexity index is 438. The van der Waals surface area contributed by atoms with Crippen molar-refractivity contribution in [2.45, 2.75) is 6.18 Å². The molecule has 1 aromatic rings. The number of hydrogen-bond acceptors (Lipinski definition) is 3. The van der Waals surface area contributed by atoms with E-state index in [1.807, 2.05) is 5.32 Å². The number of non-ortho nitro benzene ring substituents is 1. The molecule has 0 fully saturated rings. The molecular weight excluding hydrogens is 237 g/mol. The topological polar surface area (TPSA) is 55.2 Å². The van der Waals surface area contributed by atoms with E-state index in [2.05, 4.69) is 0 Å². The minimum atomic E-state index is -4.48. The lowest BCUT2D eigenvalue weighted by Crippen LogP contribution is -2.22. The fourth-order valence-electron chi connectivity index (χ4n) is 1.15. The highest BCUT2D eigenvalue weighted by molar-refractivity contribution is 5.55. The van der Waals surface area contributed by atoms with E-state index in [-0.39, 0.29) is 11.3 Å². The summed E-state index contributed by atoms with van der Waals surface area (Å²) in [7, 11) is 1.16. The molecule has 1 rings (SSSR count). The minimum absolute atomic E-state index is 0.167. The van der Waals surface area contributed by atoms with Gasteiger partial charge in [0.2, 0.25) is 0 Å². The average molecular weight is 246 g/mol. The summed E-state index contributed by atoms with van der Waals surface area (Å²) >= 11 is 0. The molecule has 0 heterocycles. The molecule has 17 heavy (non-hydrogen) atoms. The van der Waals surface area contributed by atoms with Crippen molar-refractivity contribution in [1.82, 2.24) is 5.32 Å². The Labute approximate surface area is 94.9 Å². The van der Waals surface area contributed by atoms with Crippen molar-refractivity contribution in [2.75, 3.05) is 7.05 Å². The van der Waals surface area contributed by atoms with E-state index >= 15 is 0 Å². The first kappa shape index (κ1) is 13.0. The van der Waals surface area contributed by atoms with Gasteiger partial charge in [-0.2, -0.15) is 13.2 Å². The molecule has 0 saturated heterocycles. The number of nitro groups is 1. The van der Waals surface area contributed by atoms with Crippen molar-refractivity contribution in [3.05, 3.63) is 45.6 Å². The molecule has 0 atom stereocenters. The lowest BCUT2D eigenvalue weighted by Gasteiger charge is -2.10. The van der Waals surface area contributed by atoms with Gasteiger partial charge in [0, 0.05) is 19.2 Å². The molecular formula is C10H9F3N2O2. The maximum absolute atomic E-state index is 12.4. The van der Waals surface area contributed by atoms with Crippen molar-refractivity contribution < 1.29 is 18.1 Å². The van der Waals surface area contributed by atoms with Gasteiger partial charge in [-0.05, 0) is 23.8 Å². The molecule has 0 aromatic heterocycles. The molecule has 0 amide bonds. The van der Waals surface area contributed by atoms with E-state index in [1.54, 1.807) is 0 Å². The number of alkyl halides is 3. The second-order valence-corrected chi connectivity index (χ2v) is 3.15. The highest BCUT2D eigenvalue weighted by atomic mass is 19.4. The van der Waals surface area contributed by atoms with Crippen LogP contribution in [0.5, 0.6) is 0 Å². The van der Waals surface area contributed by atoms with Gasteiger partial charge in [0.15, 0.2) is 0 Å². The second-order valence-electron chi connectivity index (χ2n) is 3.15. The Hall–Kier alpha value is -2.05. The van der Waals surface area contributed by atoms with Gasteiger partial charge in [0.25, 0.3) is 5.69 Å². The number of hydrogen-bond donors (Lipinski definition) is 1. The second kappa shape index (κ2) is 4.86. The SMILES string of the molecule is CN/C(=C/c1ccc([N+](=O)[O-])cc1)C(F)(F)F. The Morgan fingerprint density at radius 3 is 2.24 bits per heavy atom. The number of nitro benzene ring substituents is 1. The van der Waals surface area contributed by atoms with Crippen LogP contribution in [-0.4, -0.2) is 18.1 Å². The molecule has 0 aliphatic carbocycles. The Morgan fingerprint density at radius 1 is 1.35 bits per heavy atom. The molecule has 0 aliphatic heterocycles. The smallest absolute Gasteiger partial charge is 0.384 e. The van der Waals surface area contributed by atoms with Crippen LogP contribution in [0.25, 0.3) is 6.08 Å². The van der Waals surface area contributed by atoms with Gasteiger partial charge in [-0.25, -0.2) is 0 Å². The molecule has 0 aliphatic rings. The Balaban J connectivity index is 3.01. The van der Waals surface area contributed by atoms with Gasteiger partial charge in [-0.3, -0.25) is 10.1 Å². The van der Waals surface area contributed by atoms with Crippen LogP contribution in [-0.2, 0) is 0 Å². The summed E-state index contributed by atoms with van der Waals surface area (Å²) in [4.78, 5) is 9.73. The van der Waals surface area contributed by atoms with Gasteiger partial charge >= 0.3 is 6.18 Å². The third-order valence-corrected chi connectivity index (χ3v) is 1.99. The zero-order valence-corrected chi connectivity index (χ0v) is 8.78. The van der Waals surface area contributed by atoms with Crippen LogP contribution in [0.1, 0.15) is 5.56 Å². The van der Waals surface area contributed by atoms with Crippen LogP contribution in [0.15, 0.2) is 30.0 Å². The van der Waals surface area contributed by atoms with E-state index in [0.717, 1.165) is 25.3 Å². The first-order valence-corrected chi connectivity index (χ1v) is 4.55. The molecule has 1 N–H and O–H groups in total. The fraction of sp³-hybridized carbons (Fsp3) is 0.200. The molecule has 0 spiro atoms. The molecule has 0 bridgehead atoms. The van der Waals surface area contributed by atoms with Crippen LogP contribution in [0.4, 0.5) is 18.9 Å². The lowest BCUT2D eigenvalue weighted by molar-refractivity contribution is -0.384. The number of nitrogens with zero attached hydrogens (tertiary/aromatic N) is 1. The standard InChI is InChI=1S/C10H9F3N2O2/c1-14-9(10(11,12)13)6-7-2-4-8(5-3-7)15(16)17/h2-6,14H,1H3/b9-6+. The maximum atomic E-state index is 12.4. The lowest BCUT2D eigenvalue weighted by atomic mass is 10.1. The molecule has 0 saturated carbocycles. The van der Waals surface area contributed by atoms with Crippen LogP contribution >= 0.6 is 0 Å². The Kier molecular flexibility index (Phi) is 3.72. The summed E-state index contributed by atoms with van der Waals surface area (Å²) in [5.74, 6) is 0. The van der Waals surface area contributed by atoms with Gasteiger partial charge in [0.1, 0.15) is 5.70 Å². The predicted molar refractivity (Wildman–Crippen MR) is 56.2 cm³/mol. The zero-order chi connectivity index (χ0) is 13.1. The number of allylic oxidation sites excluding steroid dienone is 1. The number of nitrogens with one attached hydrogen (secondary N) is 1. The Morgan fingerprint density at radius 2 is 1.88 bits per heavy atom.